The third kappa shape index (κ3) is 2.58. The molecule has 0 bridgehead atoms. The van der Waals surface area contributed by atoms with Crippen molar-refractivity contribution in [3.63, 3.8) is 0 Å². The smallest absolute Gasteiger partial charge is 0.137 e. The Hall–Kier alpha value is -2.12. The first-order chi connectivity index (χ1) is 8.67. The third-order valence-corrected chi connectivity index (χ3v) is 2.90. The van der Waals surface area contributed by atoms with Gasteiger partial charge in [0.2, 0.25) is 0 Å². The summed E-state index contributed by atoms with van der Waals surface area (Å²) in [5.41, 5.74) is 0.206. The number of ether oxygens (including phenoxy) is 1. The molecule has 0 amide bonds. The topological polar surface area (TPSA) is 57.9 Å². The Morgan fingerprint density at radius 2 is 2.28 bits per heavy atom. The predicted octanol–water partition coefficient (Wildman–Crippen LogP) is 2.12. The summed E-state index contributed by atoms with van der Waals surface area (Å²) < 4.78 is 5.64. The van der Waals surface area contributed by atoms with Gasteiger partial charge in [-0.15, -0.1) is 0 Å². The summed E-state index contributed by atoms with van der Waals surface area (Å²) in [5, 5.41) is 13.0. The maximum absolute atomic E-state index is 9.03. The van der Waals surface area contributed by atoms with Crippen molar-refractivity contribution in [3.05, 3.63) is 36.5 Å². The van der Waals surface area contributed by atoms with E-state index in [9.17, 15) is 0 Å². The summed E-state index contributed by atoms with van der Waals surface area (Å²) in [7, 11) is 1.74. The zero-order valence-corrected chi connectivity index (χ0v) is 10.5. The van der Waals surface area contributed by atoms with Crippen molar-refractivity contribution < 1.29 is 4.74 Å². The molecule has 1 aromatic heterocycles. The molecule has 0 saturated carbocycles. The van der Waals surface area contributed by atoms with Crippen LogP contribution in [-0.4, -0.2) is 24.2 Å². The van der Waals surface area contributed by atoms with Gasteiger partial charge in [-0.05, 0) is 32.2 Å². The standard InChI is InChI=1S/C14H15N3O/c1-14(9-15,16-2)10-18-12-6-5-11-4-3-7-17-13(11)8-12/h3-8,16H,10H2,1-2H3. The number of rotatable bonds is 4. The van der Waals surface area contributed by atoms with Crippen LogP contribution in [-0.2, 0) is 0 Å². The van der Waals surface area contributed by atoms with Crippen LogP contribution in [0.15, 0.2) is 36.5 Å². The van der Waals surface area contributed by atoms with Gasteiger partial charge in [-0.2, -0.15) is 5.26 Å². The molecule has 1 N–H and O–H groups in total. The molecule has 1 aromatic carbocycles. The van der Waals surface area contributed by atoms with E-state index >= 15 is 0 Å². The average molecular weight is 241 g/mol. The summed E-state index contributed by atoms with van der Waals surface area (Å²) in [6.45, 7) is 2.09. The fourth-order valence-electron chi connectivity index (χ4n) is 1.52. The van der Waals surface area contributed by atoms with E-state index in [1.165, 1.54) is 0 Å². The van der Waals surface area contributed by atoms with Crippen LogP contribution in [0.4, 0.5) is 0 Å². The number of aromatic nitrogens is 1. The van der Waals surface area contributed by atoms with E-state index in [1.54, 1.807) is 20.2 Å². The van der Waals surface area contributed by atoms with Gasteiger partial charge in [0, 0.05) is 17.6 Å². The number of nitrogens with one attached hydrogen (secondary N) is 1. The maximum atomic E-state index is 9.03. The van der Waals surface area contributed by atoms with Crippen molar-refractivity contribution in [3.8, 4) is 11.8 Å². The van der Waals surface area contributed by atoms with Crippen molar-refractivity contribution in [1.29, 1.82) is 5.26 Å². The lowest BCUT2D eigenvalue weighted by molar-refractivity contribution is 0.242. The second-order valence-corrected chi connectivity index (χ2v) is 4.34. The van der Waals surface area contributed by atoms with Gasteiger partial charge >= 0.3 is 0 Å². The molecular formula is C14H15N3O. The van der Waals surface area contributed by atoms with Crippen LogP contribution in [0.2, 0.25) is 0 Å². The summed E-state index contributed by atoms with van der Waals surface area (Å²) in [4.78, 5) is 4.27. The van der Waals surface area contributed by atoms with Gasteiger partial charge in [-0.25, -0.2) is 0 Å². The number of likely N-dealkylation sites (N-methyl/N-ethyl adjacent to an activating group) is 1. The highest BCUT2D eigenvalue weighted by atomic mass is 16.5. The number of hydrogen-bond donors (Lipinski definition) is 1. The first-order valence-corrected chi connectivity index (χ1v) is 5.75. The second kappa shape index (κ2) is 5.03. The molecule has 0 spiro atoms. The molecule has 4 nitrogen and oxygen atoms in total. The molecule has 1 atom stereocenters. The summed E-state index contributed by atoms with van der Waals surface area (Å²) in [6, 6.07) is 11.8. The van der Waals surface area contributed by atoms with Gasteiger partial charge in [0.25, 0.3) is 0 Å². The fraction of sp³-hybridized carbons (Fsp3) is 0.286. The van der Waals surface area contributed by atoms with Crippen molar-refractivity contribution in [1.82, 2.24) is 10.3 Å². The van der Waals surface area contributed by atoms with E-state index in [0.29, 0.717) is 6.61 Å². The summed E-state index contributed by atoms with van der Waals surface area (Å²) in [6.07, 6.45) is 1.75. The Labute approximate surface area is 106 Å². The van der Waals surface area contributed by atoms with Crippen LogP contribution >= 0.6 is 0 Å². The predicted molar refractivity (Wildman–Crippen MR) is 70.3 cm³/mol. The van der Waals surface area contributed by atoms with Crippen molar-refractivity contribution in [2.24, 2.45) is 0 Å². The third-order valence-electron chi connectivity index (χ3n) is 2.90. The lowest BCUT2D eigenvalue weighted by atomic mass is 10.1. The molecule has 0 fully saturated rings. The lowest BCUT2D eigenvalue weighted by Crippen LogP contribution is -2.43. The minimum atomic E-state index is -0.681. The first-order valence-electron chi connectivity index (χ1n) is 5.75. The van der Waals surface area contributed by atoms with Gasteiger partial charge in [0.15, 0.2) is 0 Å². The van der Waals surface area contributed by atoms with E-state index in [0.717, 1.165) is 16.7 Å². The number of nitriles is 1. The Morgan fingerprint density at radius 3 is 3.00 bits per heavy atom. The SMILES string of the molecule is CNC(C)(C#N)COc1ccc2cccnc2c1. The Balaban J connectivity index is 2.16. The number of nitrogens with zero attached hydrogens (tertiary/aromatic N) is 2. The quantitative estimate of drug-likeness (QED) is 0.890. The number of fused-ring (bicyclic) bond motifs is 1. The Bertz CT molecular complexity index is 591. The van der Waals surface area contributed by atoms with Gasteiger partial charge in [-0.3, -0.25) is 10.3 Å². The van der Waals surface area contributed by atoms with Crippen molar-refractivity contribution >= 4 is 10.9 Å². The monoisotopic (exact) mass is 241 g/mol. The Morgan fingerprint density at radius 1 is 1.44 bits per heavy atom. The molecule has 1 heterocycles. The molecule has 2 aromatic rings. The molecule has 0 aliphatic rings. The van der Waals surface area contributed by atoms with E-state index in [2.05, 4.69) is 16.4 Å². The van der Waals surface area contributed by atoms with Gasteiger partial charge < -0.3 is 4.74 Å². The van der Waals surface area contributed by atoms with E-state index in [4.69, 9.17) is 10.00 Å². The normalized spacial score (nSPS) is 13.8. The minimum absolute atomic E-state index is 0.290. The molecule has 0 saturated heterocycles. The van der Waals surface area contributed by atoms with Crippen LogP contribution in [0.1, 0.15) is 6.92 Å². The molecule has 1 unspecified atom stereocenters. The highest BCUT2D eigenvalue weighted by Gasteiger charge is 2.22. The maximum Gasteiger partial charge on any atom is 0.137 e. The van der Waals surface area contributed by atoms with Crippen LogP contribution in [0, 0.1) is 11.3 Å². The minimum Gasteiger partial charge on any atom is -0.490 e. The highest BCUT2D eigenvalue weighted by molar-refractivity contribution is 5.79. The Kier molecular flexibility index (Phi) is 3.45. The molecule has 4 heteroatoms. The molecule has 2 rings (SSSR count). The van der Waals surface area contributed by atoms with Crippen molar-refractivity contribution in [2.75, 3.05) is 13.7 Å². The zero-order valence-electron chi connectivity index (χ0n) is 10.5. The number of pyridine rings is 1. The molecule has 18 heavy (non-hydrogen) atoms. The molecule has 0 radical (unpaired) electrons. The van der Waals surface area contributed by atoms with E-state index in [1.807, 2.05) is 30.3 Å². The van der Waals surface area contributed by atoms with Crippen LogP contribution in [0.3, 0.4) is 0 Å². The second-order valence-electron chi connectivity index (χ2n) is 4.34. The largest absolute Gasteiger partial charge is 0.490 e. The fourth-order valence-corrected chi connectivity index (χ4v) is 1.52. The number of benzene rings is 1. The van der Waals surface area contributed by atoms with E-state index in [-0.39, 0.29) is 0 Å². The first kappa shape index (κ1) is 12.3. The average Bonchev–Trinajstić information content (AvgIpc) is 2.44. The van der Waals surface area contributed by atoms with Gasteiger partial charge in [0.05, 0.1) is 11.6 Å². The van der Waals surface area contributed by atoms with Crippen LogP contribution in [0.25, 0.3) is 10.9 Å². The number of hydrogen-bond acceptors (Lipinski definition) is 4. The lowest BCUT2D eigenvalue weighted by Gasteiger charge is -2.20. The molecule has 0 aliphatic heterocycles. The van der Waals surface area contributed by atoms with Crippen LogP contribution in [0.5, 0.6) is 5.75 Å². The molecule has 92 valence electrons. The van der Waals surface area contributed by atoms with Crippen LogP contribution < -0.4 is 10.1 Å². The molecular weight excluding hydrogens is 226 g/mol. The molecule has 0 aliphatic carbocycles. The summed E-state index contributed by atoms with van der Waals surface area (Å²) >= 11 is 0. The zero-order chi connectivity index (χ0) is 13.0. The van der Waals surface area contributed by atoms with Gasteiger partial charge in [0.1, 0.15) is 17.9 Å². The summed E-state index contributed by atoms with van der Waals surface area (Å²) in [5.74, 6) is 0.720. The van der Waals surface area contributed by atoms with E-state index < -0.39 is 5.54 Å². The highest BCUT2D eigenvalue weighted by Crippen LogP contribution is 2.19. The van der Waals surface area contributed by atoms with Gasteiger partial charge in [-0.1, -0.05) is 6.07 Å². The van der Waals surface area contributed by atoms with Crippen molar-refractivity contribution in [2.45, 2.75) is 12.5 Å².